The maximum Gasteiger partial charge on any atom is 0.175 e. The van der Waals surface area contributed by atoms with Crippen LogP contribution in [0, 0.1) is 0 Å². The molecule has 3 atom stereocenters. The van der Waals surface area contributed by atoms with Crippen LogP contribution in [-0.2, 0) is 16.3 Å². The number of rotatable bonds is 4. The van der Waals surface area contributed by atoms with Crippen molar-refractivity contribution in [2.24, 2.45) is 0 Å². The summed E-state index contributed by atoms with van der Waals surface area (Å²) in [6.45, 7) is 1.46. The van der Waals surface area contributed by atoms with Gasteiger partial charge in [-0.2, -0.15) is 0 Å². The van der Waals surface area contributed by atoms with E-state index in [0.717, 1.165) is 36.2 Å². The number of nitrogens with zero attached hydrogens (tertiary/aromatic N) is 1. The number of aliphatic hydroxyl groups excluding tert-OH is 1. The molecule has 0 saturated carbocycles. The van der Waals surface area contributed by atoms with Gasteiger partial charge < -0.3 is 10.4 Å². The molecule has 2 aromatic carbocycles. The predicted octanol–water partition coefficient (Wildman–Crippen LogP) is 3.54. The number of hydrogen-bond donors (Lipinski definition) is 2. The lowest BCUT2D eigenvalue weighted by atomic mass is 10.1. The van der Waals surface area contributed by atoms with Crippen LogP contribution in [0.25, 0.3) is 0 Å². The van der Waals surface area contributed by atoms with E-state index in [9.17, 15) is 13.5 Å². The molecule has 0 aromatic heterocycles. The number of sulfone groups is 1. The fourth-order valence-electron chi connectivity index (χ4n) is 4.21. The first kappa shape index (κ1) is 20.0. The summed E-state index contributed by atoms with van der Waals surface area (Å²) in [7, 11) is -3.24. The summed E-state index contributed by atoms with van der Waals surface area (Å²) in [6, 6.07) is 10.5. The third-order valence-electron chi connectivity index (χ3n) is 5.60. The minimum absolute atomic E-state index is 0.0550. The van der Waals surface area contributed by atoms with E-state index in [2.05, 4.69) is 10.2 Å². The van der Waals surface area contributed by atoms with Gasteiger partial charge in [-0.05, 0) is 60.4 Å². The Kier molecular flexibility index (Phi) is 5.35. The van der Waals surface area contributed by atoms with E-state index >= 15 is 0 Å². The molecular weight excluding hydrogens is 419 g/mol. The Labute approximate surface area is 175 Å². The molecule has 1 fully saturated rings. The standard InChI is InChI=1S/C20H22Cl2N2O3S/c1-28(26,27)15-4-2-13(3-5-15)23-20-17-8-12(21)9-18(22)16(17)10-19(20)24-7-6-14(25)11-24/h2-5,8-9,14,19-20,23,25H,6-7,10-11H2,1H3/t14-,19?,20+/m1/s1. The monoisotopic (exact) mass is 440 g/mol. The largest absolute Gasteiger partial charge is 0.392 e. The molecule has 1 aliphatic carbocycles. The molecule has 4 rings (SSSR count). The minimum Gasteiger partial charge on any atom is -0.392 e. The maximum absolute atomic E-state index is 11.7. The first-order chi connectivity index (χ1) is 13.2. The van der Waals surface area contributed by atoms with Crippen molar-refractivity contribution in [1.29, 1.82) is 0 Å². The highest BCUT2D eigenvalue weighted by Crippen LogP contribution is 2.42. The number of fused-ring (bicyclic) bond motifs is 1. The zero-order chi connectivity index (χ0) is 20.1. The van der Waals surface area contributed by atoms with Crippen molar-refractivity contribution in [2.75, 3.05) is 24.7 Å². The Morgan fingerprint density at radius 1 is 1.18 bits per heavy atom. The van der Waals surface area contributed by atoms with Crippen molar-refractivity contribution in [2.45, 2.75) is 35.9 Å². The van der Waals surface area contributed by atoms with Crippen molar-refractivity contribution in [3.8, 4) is 0 Å². The van der Waals surface area contributed by atoms with E-state index in [1.165, 1.54) is 6.26 Å². The molecule has 8 heteroatoms. The second kappa shape index (κ2) is 7.50. The average Bonchev–Trinajstić information content (AvgIpc) is 3.19. The molecule has 2 N–H and O–H groups in total. The molecule has 2 aliphatic rings. The summed E-state index contributed by atoms with van der Waals surface area (Å²) < 4.78 is 23.4. The molecule has 1 unspecified atom stereocenters. The van der Waals surface area contributed by atoms with Gasteiger partial charge in [-0.25, -0.2) is 8.42 Å². The van der Waals surface area contributed by atoms with Crippen LogP contribution in [0.1, 0.15) is 23.6 Å². The van der Waals surface area contributed by atoms with Crippen LogP contribution in [0.15, 0.2) is 41.3 Å². The SMILES string of the molecule is CS(=O)(=O)c1ccc(N[C@H]2c3cc(Cl)cc(Cl)c3CC2N2CC[C@@H](O)C2)cc1. The third-order valence-corrected chi connectivity index (χ3v) is 7.28. The van der Waals surface area contributed by atoms with Gasteiger partial charge in [-0.1, -0.05) is 23.2 Å². The van der Waals surface area contributed by atoms with Gasteiger partial charge in [-0.3, -0.25) is 4.90 Å². The van der Waals surface area contributed by atoms with Gasteiger partial charge in [0, 0.05) is 41.1 Å². The van der Waals surface area contributed by atoms with Crippen LogP contribution < -0.4 is 5.32 Å². The van der Waals surface area contributed by atoms with E-state index in [1.807, 2.05) is 6.07 Å². The minimum atomic E-state index is -3.24. The van der Waals surface area contributed by atoms with Crippen LogP contribution in [-0.4, -0.2) is 49.9 Å². The zero-order valence-corrected chi connectivity index (χ0v) is 17.7. The van der Waals surface area contributed by atoms with Crippen molar-refractivity contribution < 1.29 is 13.5 Å². The average molecular weight is 441 g/mol. The molecule has 150 valence electrons. The number of aliphatic hydroxyl groups is 1. The molecule has 2 aromatic rings. The molecule has 0 radical (unpaired) electrons. The first-order valence-electron chi connectivity index (χ1n) is 9.19. The normalized spacial score (nSPS) is 25.1. The highest BCUT2D eigenvalue weighted by molar-refractivity contribution is 7.90. The van der Waals surface area contributed by atoms with Crippen molar-refractivity contribution >= 4 is 38.7 Å². The Bertz CT molecular complexity index is 995. The predicted molar refractivity (Wildman–Crippen MR) is 112 cm³/mol. The lowest BCUT2D eigenvalue weighted by Crippen LogP contribution is -2.39. The summed E-state index contributed by atoms with van der Waals surface area (Å²) in [5, 5.41) is 14.8. The molecule has 0 amide bonds. The van der Waals surface area contributed by atoms with Crippen LogP contribution in [0.5, 0.6) is 0 Å². The summed E-state index contributed by atoms with van der Waals surface area (Å²) in [6.07, 6.45) is 2.42. The third kappa shape index (κ3) is 3.89. The molecule has 1 saturated heterocycles. The lowest BCUT2D eigenvalue weighted by Gasteiger charge is -2.31. The number of hydrogen-bond acceptors (Lipinski definition) is 5. The van der Waals surface area contributed by atoms with Crippen molar-refractivity contribution in [3.05, 3.63) is 57.6 Å². The topological polar surface area (TPSA) is 69.6 Å². The second-order valence-corrected chi connectivity index (χ2v) is 10.4. The Morgan fingerprint density at radius 2 is 1.89 bits per heavy atom. The number of likely N-dealkylation sites (tertiary alicyclic amines) is 1. The number of benzene rings is 2. The van der Waals surface area contributed by atoms with Crippen LogP contribution >= 0.6 is 23.2 Å². The van der Waals surface area contributed by atoms with Gasteiger partial charge in [0.2, 0.25) is 0 Å². The van der Waals surface area contributed by atoms with Gasteiger partial charge in [0.1, 0.15) is 0 Å². The number of halogens is 2. The van der Waals surface area contributed by atoms with Crippen molar-refractivity contribution in [3.63, 3.8) is 0 Å². The van der Waals surface area contributed by atoms with Gasteiger partial charge in [0.15, 0.2) is 9.84 Å². The summed E-state index contributed by atoms with van der Waals surface area (Å²) in [5.74, 6) is 0. The van der Waals surface area contributed by atoms with Crippen LogP contribution in [0.3, 0.4) is 0 Å². The van der Waals surface area contributed by atoms with E-state index in [-0.39, 0.29) is 23.1 Å². The molecule has 0 spiro atoms. The fraction of sp³-hybridized carbons (Fsp3) is 0.400. The summed E-state index contributed by atoms with van der Waals surface area (Å²) in [5.41, 5.74) is 2.95. The van der Waals surface area contributed by atoms with Crippen LogP contribution in [0.4, 0.5) is 5.69 Å². The molecule has 1 heterocycles. The number of nitrogens with one attached hydrogen (secondary N) is 1. The summed E-state index contributed by atoms with van der Waals surface area (Å²) in [4.78, 5) is 2.58. The molecule has 0 bridgehead atoms. The fourth-order valence-corrected chi connectivity index (χ4v) is 5.43. The number of β-amino-alcohol motifs (C(OH)–C–C–N with tert-alkyl or cyclic N) is 1. The smallest absolute Gasteiger partial charge is 0.175 e. The highest BCUT2D eigenvalue weighted by atomic mass is 35.5. The molecule has 1 aliphatic heterocycles. The van der Waals surface area contributed by atoms with Crippen LogP contribution in [0.2, 0.25) is 10.0 Å². The molecule has 28 heavy (non-hydrogen) atoms. The Morgan fingerprint density at radius 3 is 2.50 bits per heavy atom. The summed E-state index contributed by atoms with van der Waals surface area (Å²) >= 11 is 12.7. The Hall–Kier alpha value is -1.31. The van der Waals surface area contributed by atoms with Gasteiger partial charge in [0.25, 0.3) is 0 Å². The van der Waals surface area contributed by atoms with E-state index in [1.54, 1.807) is 30.3 Å². The van der Waals surface area contributed by atoms with Gasteiger partial charge in [-0.15, -0.1) is 0 Å². The zero-order valence-electron chi connectivity index (χ0n) is 15.4. The van der Waals surface area contributed by atoms with Gasteiger partial charge >= 0.3 is 0 Å². The highest BCUT2D eigenvalue weighted by Gasteiger charge is 2.40. The second-order valence-electron chi connectivity index (χ2n) is 7.58. The number of anilines is 1. The van der Waals surface area contributed by atoms with E-state index < -0.39 is 9.84 Å². The quantitative estimate of drug-likeness (QED) is 0.760. The first-order valence-corrected chi connectivity index (χ1v) is 11.8. The maximum atomic E-state index is 11.7. The lowest BCUT2D eigenvalue weighted by molar-refractivity contribution is 0.155. The Balaban J connectivity index is 1.67. The van der Waals surface area contributed by atoms with E-state index in [4.69, 9.17) is 23.2 Å². The van der Waals surface area contributed by atoms with Gasteiger partial charge in [0.05, 0.1) is 17.0 Å². The molecule has 5 nitrogen and oxygen atoms in total. The van der Waals surface area contributed by atoms with Crippen molar-refractivity contribution in [1.82, 2.24) is 4.90 Å². The molecular formula is C20H22Cl2N2O3S. The van der Waals surface area contributed by atoms with E-state index in [0.29, 0.717) is 16.6 Å².